The predicted molar refractivity (Wildman–Crippen MR) is 69.4 cm³/mol. The van der Waals surface area contributed by atoms with Gasteiger partial charge in [0.2, 0.25) is 0 Å². The molecule has 0 saturated carbocycles. The summed E-state index contributed by atoms with van der Waals surface area (Å²) in [5.41, 5.74) is 7.79. The molecule has 2 rings (SSSR count). The molecule has 3 nitrogen and oxygen atoms in total. The van der Waals surface area contributed by atoms with Crippen LogP contribution in [0.3, 0.4) is 0 Å². The summed E-state index contributed by atoms with van der Waals surface area (Å²) in [5, 5.41) is 0. The Morgan fingerprint density at radius 2 is 1.72 bits per heavy atom. The van der Waals surface area contributed by atoms with E-state index >= 15 is 0 Å². The number of hydrogen-bond donors (Lipinski definition) is 1. The van der Waals surface area contributed by atoms with E-state index in [1.165, 1.54) is 19.2 Å². The highest BCUT2D eigenvalue weighted by Gasteiger charge is 2.10. The van der Waals surface area contributed by atoms with Gasteiger partial charge in [-0.1, -0.05) is 0 Å². The Balaban J connectivity index is 2.57. The topological polar surface area (TPSA) is 44.5 Å². The maximum Gasteiger partial charge on any atom is 0.126 e. The molecular weight excluding hydrogens is 233 g/mol. The molecule has 0 aliphatic rings. The van der Waals surface area contributed by atoms with Crippen LogP contribution in [0.25, 0.3) is 11.1 Å². The van der Waals surface area contributed by atoms with Gasteiger partial charge in [0.1, 0.15) is 17.3 Å². The summed E-state index contributed by atoms with van der Waals surface area (Å²) in [6, 6.07) is 9.58. The fraction of sp³-hybridized carbons (Fsp3) is 0.143. The number of benzene rings is 2. The van der Waals surface area contributed by atoms with Gasteiger partial charge in [-0.15, -0.1) is 0 Å². The molecule has 0 amide bonds. The molecule has 2 aromatic carbocycles. The Labute approximate surface area is 105 Å². The van der Waals surface area contributed by atoms with Crippen LogP contribution in [0.2, 0.25) is 0 Å². The van der Waals surface area contributed by atoms with Crippen molar-refractivity contribution in [2.24, 2.45) is 0 Å². The lowest BCUT2D eigenvalue weighted by atomic mass is 10.0. The molecule has 0 heterocycles. The van der Waals surface area contributed by atoms with Crippen LogP contribution < -0.4 is 15.2 Å². The normalized spacial score (nSPS) is 10.2. The first-order valence-electron chi connectivity index (χ1n) is 5.43. The van der Waals surface area contributed by atoms with Crippen molar-refractivity contribution in [1.82, 2.24) is 0 Å². The average Bonchev–Trinajstić information content (AvgIpc) is 2.38. The van der Waals surface area contributed by atoms with Crippen molar-refractivity contribution in [1.29, 1.82) is 0 Å². The summed E-state index contributed by atoms with van der Waals surface area (Å²) in [6.07, 6.45) is 0. The van der Waals surface area contributed by atoms with Gasteiger partial charge in [-0.25, -0.2) is 4.39 Å². The minimum atomic E-state index is -0.332. The predicted octanol–water partition coefficient (Wildman–Crippen LogP) is 3.09. The Kier molecular flexibility index (Phi) is 3.37. The molecule has 4 heteroatoms. The van der Waals surface area contributed by atoms with E-state index in [4.69, 9.17) is 15.2 Å². The van der Waals surface area contributed by atoms with Gasteiger partial charge >= 0.3 is 0 Å². The molecule has 18 heavy (non-hydrogen) atoms. The van der Waals surface area contributed by atoms with Crippen LogP contribution in [-0.2, 0) is 0 Å². The number of methoxy groups -OCH3 is 2. The molecule has 0 saturated heterocycles. The van der Waals surface area contributed by atoms with E-state index in [-0.39, 0.29) is 5.82 Å². The summed E-state index contributed by atoms with van der Waals surface area (Å²) in [7, 11) is 3.10. The number of rotatable bonds is 3. The van der Waals surface area contributed by atoms with Crippen LogP contribution in [0.4, 0.5) is 10.1 Å². The van der Waals surface area contributed by atoms with Gasteiger partial charge in [0.15, 0.2) is 0 Å². The van der Waals surface area contributed by atoms with E-state index in [2.05, 4.69) is 0 Å². The van der Waals surface area contributed by atoms with Crippen molar-refractivity contribution in [2.75, 3.05) is 20.0 Å². The Hall–Kier alpha value is -2.23. The molecule has 0 aromatic heterocycles. The van der Waals surface area contributed by atoms with E-state index in [0.717, 1.165) is 0 Å². The lowest BCUT2D eigenvalue weighted by molar-refractivity contribution is 0.414. The fourth-order valence-corrected chi connectivity index (χ4v) is 1.80. The van der Waals surface area contributed by atoms with Crippen LogP contribution in [0, 0.1) is 5.82 Å². The Bertz CT molecular complexity index is 570. The third-order valence-corrected chi connectivity index (χ3v) is 2.71. The Morgan fingerprint density at radius 1 is 0.944 bits per heavy atom. The minimum absolute atomic E-state index is 0.332. The van der Waals surface area contributed by atoms with Crippen LogP contribution in [0.5, 0.6) is 11.5 Å². The van der Waals surface area contributed by atoms with Crippen LogP contribution >= 0.6 is 0 Å². The van der Waals surface area contributed by atoms with Crippen LogP contribution in [-0.4, -0.2) is 14.2 Å². The molecule has 0 aliphatic carbocycles. The molecule has 0 aliphatic heterocycles. The Morgan fingerprint density at radius 3 is 2.33 bits per heavy atom. The van der Waals surface area contributed by atoms with Gasteiger partial charge in [0, 0.05) is 22.9 Å². The zero-order valence-electron chi connectivity index (χ0n) is 10.2. The monoisotopic (exact) mass is 247 g/mol. The highest BCUT2D eigenvalue weighted by Crippen LogP contribution is 2.35. The zero-order valence-corrected chi connectivity index (χ0v) is 10.2. The second-order valence-corrected chi connectivity index (χ2v) is 3.80. The third kappa shape index (κ3) is 2.22. The van der Waals surface area contributed by atoms with Crippen LogP contribution in [0.15, 0.2) is 36.4 Å². The van der Waals surface area contributed by atoms with Crippen molar-refractivity contribution in [3.8, 4) is 22.6 Å². The minimum Gasteiger partial charge on any atom is -0.497 e. The molecule has 0 atom stereocenters. The second kappa shape index (κ2) is 4.96. The van der Waals surface area contributed by atoms with Crippen molar-refractivity contribution in [3.05, 3.63) is 42.2 Å². The number of nitrogens with two attached hydrogens (primary N) is 1. The number of hydrogen-bond acceptors (Lipinski definition) is 3. The van der Waals surface area contributed by atoms with E-state index in [0.29, 0.717) is 28.3 Å². The average molecular weight is 247 g/mol. The first-order chi connectivity index (χ1) is 8.65. The molecule has 2 N–H and O–H groups in total. The number of nitrogen functional groups attached to an aromatic ring is 1. The van der Waals surface area contributed by atoms with Gasteiger partial charge in [-0.05, 0) is 30.3 Å². The van der Waals surface area contributed by atoms with Gasteiger partial charge in [-0.2, -0.15) is 0 Å². The maximum absolute atomic E-state index is 13.3. The van der Waals surface area contributed by atoms with Gasteiger partial charge < -0.3 is 15.2 Å². The summed E-state index contributed by atoms with van der Waals surface area (Å²) in [6.45, 7) is 0. The summed E-state index contributed by atoms with van der Waals surface area (Å²) in [4.78, 5) is 0. The number of halogens is 1. The van der Waals surface area contributed by atoms with Crippen molar-refractivity contribution < 1.29 is 13.9 Å². The van der Waals surface area contributed by atoms with E-state index < -0.39 is 0 Å². The first-order valence-corrected chi connectivity index (χ1v) is 5.43. The third-order valence-electron chi connectivity index (χ3n) is 2.71. The molecule has 0 spiro atoms. The largest absolute Gasteiger partial charge is 0.497 e. The van der Waals surface area contributed by atoms with Gasteiger partial charge in [-0.3, -0.25) is 0 Å². The molecule has 0 unspecified atom stereocenters. The number of anilines is 1. The highest BCUT2D eigenvalue weighted by molar-refractivity contribution is 5.81. The smallest absolute Gasteiger partial charge is 0.126 e. The van der Waals surface area contributed by atoms with E-state index in [9.17, 15) is 4.39 Å². The standard InChI is InChI=1S/C14H14FNO2/c1-17-10-4-5-11(13(16)8-10)12-7-9(15)3-6-14(12)18-2/h3-8H,16H2,1-2H3. The summed E-state index contributed by atoms with van der Waals surface area (Å²) < 4.78 is 23.6. The number of ether oxygens (including phenoxy) is 2. The molecular formula is C14H14FNO2. The molecule has 0 radical (unpaired) electrons. The quantitative estimate of drug-likeness (QED) is 0.848. The summed E-state index contributed by atoms with van der Waals surface area (Å²) in [5.74, 6) is 0.904. The molecule has 0 bridgehead atoms. The van der Waals surface area contributed by atoms with E-state index in [1.807, 2.05) is 0 Å². The molecule has 2 aromatic rings. The SMILES string of the molecule is COc1ccc(-c2cc(F)ccc2OC)c(N)c1. The molecule has 0 fully saturated rings. The van der Waals surface area contributed by atoms with Gasteiger partial charge in [0.25, 0.3) is 0 Å². The second-order valence-electron chi connectivity index (χ2n) is 3.80. The lowest BCUT2D eigenvalue weighted by Gasteiger charge is -2.12. The molecule has 94 valence electrons. The van der Waals surface area contributed by atoms with Crippen molar-refractivity contribution >= 4 is 5.69 Å². The van der Waals surface area contributed by atoms with Crippen molar-refractivity contribution in [3.63, 3.8) is 0 Å². The highest BCUT2D eigenvalue weighted by atomic mass is 19.1. The zero-order chi connectivity index (χ0) is 13.1. The fourth-order valence-electron chi connectivity index (χ4n) is 1.80. The van der Waals surface area contributed by atoms with Crippen LogP contribution in [0.1, 0.15) is 0 Å². The van der Waals surface area contributed by atoms with Crippen molar-refractivity contribution in [2.45, 2.75) is 0 Å². The lowest BCUT2D eigenvalue weighted by Crippen LogP contribution is -1.95. The van der Waals surface area contributed by atoms with Gasteiger partial charge in [0.05, 0.1) is 14.2 Å². The maximum atomic E-state index is 13.3. The first kappa shape index (κ1) is 12.2. The summed E-state index contributed by atoms with van der Waals surface area (Å²) >= 11 is 0. The van der Waals surface area contributed by atoms with E-state index in [1.54, 1.807) is 31.4 Å².